The number of sulfonamides is 1. The molecule has 0 saturated carbocycles. The van der Waals surface area contributed by atoms with E-state index in [-0.39, 0.29) is 4.90 Å². The zero-order valence-corrected chi connectivity index (χ0v) is 16.2. The van der Waals surface area contributed by atoms with E-state index in [9.17, 15) is 8.42 Å². The van der Waals surface area contributed by atoms with E-state index in [2.05, 4.69) is 22.5 Å². The predicted molar refractivity (Wildman–Crippen MR) is 104 cm³/mol. The Morgan fingerprint density at radius 3 is 2.16 bits per heavy atom. The molecule has 4 N–H and O–H groups in total. The van der Waals surface area contributed by atoms with Crippen LogP contribution in [-0.4, -0.2) is 28.0 Å². The second-order valence-corrected chi connectivity index (χ2v) is 7.72. The summed E-state index contributed by atoms with van der Waals surface area (Å²) in [5, 5.41) is 11.6. The zero-order valence-electron chi connectivity index (χ0n) is 15.4. The molecule has 0 heterocycles. The monoisotopic (exact) mass is 368 g/mol. The number of benzene rings is 1. The summed E-state index contributed by atoms with van der Waals surface area (Å²) in [6, 6.07) is 6.52. The van der Waals surface area contributed by atoms with E-state index in [0.717, 1.165) is 24.5 Å². The summed E-state index contributed by atoms with van der Waals surface area (Å²) in [6.07, 6.45) is 8.97. The summed E-state index contributed by atoms with van der Waals surface area (Å²) in [5.74, 6) is 0.751. The van der Waals surface area contributed by atoms with Crippen LogP contribution in [0, 0.1) is 0 Å². The van der Waals surface area contributed by atoms with Gasteiger partial charge >= 0.3 is 0 Å². The van der Waals surface area contributed by atoms with Gasteiger partial charge in [0.2, 0.25) is 10.0 Å². The van der Waals surface area contributed by atoms with Gasteiger partial charge in [0, 0.05) is 20.1 Å². The van der Waals surface area contributed by atoms with Gasteiger partial charge < -0.3 is 10.6 Å². The van der Waals surface area contributed by atoms with Crippen molar-refractivity contribution in [3.8, 4) is 0 Å². The number of aliphatic imine (C=N–C) groups is 1. The van der Waals surface area contributed by atoms with Gasteiger partial charge in [-0.25, -0.2) is 13.6 Å². The maximum atomic E-state index is 11.2. The molecule has 0 aliphatic carbocycles. The Bertz CT molecular complexity index is 612. The first-order valence-electron chi connectivity index (χ1n) is 9.03. The van der Waals surface area contributed by atoms with Crippen molar-refractivity contribution in [2.45, 2.75) is 63.3 Å². The maximum absolute atomic E-state index is 11.2. The second kappa shape index (κ2) is 11.9. The lowest BCUT2D eigenvalue weighted by molar-refractivity contribution is 0.583. The van der Waals surface area contributed by atoms with E-state index in [4.69, 9.17) is 5.14 Å². The van der Waals surface area contributed by atoms with Gasteiger partial charge in [-0.2, -0.15) is 0 Å². The Labute approximate surface area is 152 Å². The quantitative estimate of drug-likeness (QED) is 0.318. The zero-order chi connectivity index (χ0) is 18.5. The molecule has 0 saturated heterocycles. The highest BCUT2D eigenvalue weighted by molar-refractivity contribution is 7.89. The molecule has 7 heteroatoms. The lowest BCUT2D eigenvalue weighted by Gasteiger charge is -2.12. The van der Waals surface area contributed by atoms with Crippen molar-refractivity contribution in [3.05, 3.63) is 29.8 Å². The van der Waals surface area contributed by atoms with Gasteiger partial charge in [-0.15, -0.1) is 0 Å². The molecule has 0 fully saturated rings. The molecule has 0 amide bonds. The Morgan fingerprint density at radius 1 is 1.00 bits per heavy atom. The summed E-state index contributed by atoms with van der Waals surface area (Å²) in [5.41, 5.74) is 0.964. The highest BCUT2D eigenvalue weighted by Gasteiger charge is 2.06. The van der Waals surface area contributed by atoms with Crippen LogP contribution < -0.4 is 15.8 Å². The van der Waals surface area contributed by atoms with Crippen molar-refractivity contribution in [3.63, 3.8) is 0 Å². The molecule has 1 rings (SSSR count). The van der Waals surface area contributed by atoms with Crippen molar-refractivity contribution >= 4 is 16.0 Å². The smallest absolute Gasteiger partial charge is 0.238 e. The number of primary sulfonamides is 1. The number of nitrogens with one attached hydrogen (secondary N) is 2. The van der Waals surface area contributed by atoms with Gasteiger partial charge in [-0.3, -0.25) is 4.99 Å². The maximum Gasteiger partial charge on any atom is 0.238 e. The van der Waals surface area contributed by atoms with Gasteiger partial charge in [0.15, 0.2) is 5.96 Å². The van der Waals surface area contributed by atoms with E-state index >= 15 is 0 Å². The average molecular weight is 369 g/mol. The number of guanidine groups is 1. The normalized spacial score (nSPS) is 12.2. The molecule has 0 aliphatic heterocycles. The molecule has 1 aromatic rings. The Balaban J connectivity index is 2.24. The minimum Gasteiger partial charge on any atom is -0.356 e. The van der Waals surface area contributed by atoms with Gasteiger partial charge in [0.05, 0.1) is 4.90 Å². The third kappa shape index (κ3) is 9.45. The fourth-order valence-corrected chi connectivity index (χ4v) is 3.01. The molecule has 142 valence electrons. The van der Waals surface area contributed by atoms with Crippen LogP contribution in [0.15, 0.2) is 34.2 Å². The van der Waals surface area contributed by atoms with E-state index < -0.39 is 10.0 Å². The molecule has 0 bridgehead atoms. The van der Waals surface area contributed by atoms with Crippen molar-refractivity contribution in [2.75, 3.05) is 13.6 Å². The van der Waals surface area contributed by atoms with Crippen LogP contribution in [-0.2, 0) is 16.6 Å². The number of rotatable bonds is 11. The van der Waals surface area contributed by atoms with Crippen LogP contribution in [0.4, 0.5) is 0 Å². The Hall–Kier alpha value is -1.60. The van der Waals surface area contributed by atoms with Crippen LogP contribution in [0.25, 0.3) is 0 Å². The molecule has 25 heavy (non-hydrogen) atoms. The van der Waals surface area contributed by atoms with E-state index in [1.165, 1.54) is 50.7 Å². The average Bonchev–Trinajstić information content (AvgIpc) is 2.59. The minimum absolute atomic E-state index is 0.123. The van der Waals surface area contributed by atoms with Gasteiger partial charge in [-0.05, 0) is 24.1 Å². The first-order chi connectivity index (χ1) is 12.0. The largest absolute Gasteiger partial charge is 0.356 e. The van der Waals surface area contributed by atoms with Gasteiger partial charge in [-0.1, -0.05) is 57.6 Å². The molecule has 6 nitrogen and oxygen atoms in total. The van der Waals surface area contributed by atoms with E-state index in [0.29, 0.717) is 6.54 Å². The van der Waals surface area contributed by atoms with Crippen molar-refractivity contribution in [1.29, 1.82) is 0 Å². The molecule has 0 spiro atoms. The molecular formula is C18H32N4O2S. The van der Waals surface area contributed by atoms with E-state index in [1.807, 2.05) is 0 Å². The van der Waals surface area contributed by atoms with E-state index in [1.54, 1.807) is 19.2 Å². The Kier molecular flexibility index (Phi) is 10.2. The summed E-state index contributed by atoms with van der Waals surface area (Å²) in [4.78, 5) is 4.32. The minimum atomic E-state index is -3.64. The molecular weight excluding hydrogens is 336 g/mol. The molecule has 0 aliphatic rings. The molecule has 0 aromatic heterocycles. The number of nitrogens with two attached hydrogens (primary N) is 1. The summed E-state index contributed by atoms with van der Waals surface area (Å²) in [6.45, 7) is 3.70. The summed E-state index contributed by atoms with van der Waals surface area (Å²) >= 11 is 0. The predicted octanol–water partition coefficient (Wildman–Crippen LogP) is 2.75. The summed E-state index contributed by atoms with van der Waals surface area (Å²) < 4.78 is 22.5. The summed E-state index contributed by atoms with van der Waals surface area (Å²) in [7, 11) is -1.90. The topological polar surface area (TPSA) is 96.6 Å². The standard InChI is InChI=1S/C18H32N4O2S/c1-3-4-5-6-7-8-9-14-21-18(20-2)22-15-16-10-12-17(13-11-16)25(19,23)24/h10-13H,3-9,14-15H2,1-2H3,(H2,19,23,24)(H2,20,21,22). The van der Waals surface area contributed by atoms with Crippen molar-refractivity contribution < 1.29 is 8.42 Å². The van der Waals surface area contributed by atoms with Crippen LogP contribution in [0.3, 0.4) is 0 Å². The number of unbranched alkanes of at least 4 members (excludes halogenated alkanes) is 6. The van der Waals surface area contributed by atoms with Crippen LogP contribution >= 0.6 is 0 Å². The van der Waals surface area contributed by atoms with Crippen LogP contribution in [0.1, 0.15) is 57.4 Å². The number of nitrogens with zero attached hydrogens (tertiary/aromatic N) is 1. The lowest BCUT2D eigenvalue weighted by atomic mass is 10.1. The third-order valence-electron chi connectivity index (χ3n) is 4.01. The van der Waals surface area contributed by atoms with Crippen LogP contribution in [0.2, 0.25) is 0 Å². The third-order valence-corrected chi connectivity index (χ3v) is 4.94. The highest BCUT2D eigenvalue weighted by Crippen LogP contribution is 2.08. The highest BCUT2D eigenvalue weighted by atomic mass is 32.2. The fourth-order valence-electron chi connectivity index (χ4n) is 2.49. The lowest BCUT2D eigenvalue weighted by Crippen LogP contribution is -2.37. The first-order valence-corrected chi connectivity index (χ1v) is 10.6. The molecule has 0 atom stereocenters. The second-order valence-electron chi connectivity index (χ2n) is 6.16. The number of hydrogen-bond donors (Lipinski definition) is 3. The fraction of sp³-hybridized carbons (Fsp3) is 0.611. The first kappa shape index (κ1) is 21.4. The number of hydrogen-bond acceptors (Lipinski definition) is 3. The molecule has 0 radical (unpaired) electrons. The Morgan fingerprint density at radius 2 is 1.60 bits per heavy atom. The molecule has 0 unspecified atom stereocenters. The van der Waals surface area contributed by atoms with Gasteiger partial charge in [0.25, 0.3) is 0 Å². The van der Waals surface area contributed by atoms with Crippen LogP contribution in [0.5, 0.6) is 0 Å². The SMILES string of the molecule is CCCCCCCCCNC(=NC)NCc1ccc(S(N)(=O)=O)cc1. The van der Waals surface area contributed by atoms with Gasteiger partial charge in [0.1, 0.15) is 0 Å². The molecule has 1 aromatic carbocycles. The van der Waals surface area contributed by atoms with Crippen molar-refractivity contribution in [2.24, 2.45) is 10.1 Å². The van der Waals surface area contributed by atoms with Crippen molar-refractivity contribution in [1.82, 2.24) is 10.6 Å².